The van der Waals surface area contributed by atoms with Crippen molar-refractivity contribution in [2.24, 2.45) is 0 Å². The molecule has 7 heteroatoms. The highest BCUT2D eigenvalue weighted by atomic mass is 32.2. The van der Waals surface area contributed by atoms with Gasteiger partial charge in [0.2, 0.25) is 10.0 Å². The standard InChI is InChI=1S/C16H24N2O4S/c1-12-6-3-4-9-18(12)13(2)11-17-23(21,22)15-8-5-7-14(10-15)16(19)20/h5,7-8,10,12-13,17H,3-4,6,9,11H2,1-2H3,(H,19,20)/t12-,13-/m0/s1. The maximum atomic E-state index is 12.4. The normalized spacial score (nSPS) is 21.0. The average Bonchev–Trinajstić information content (AvgIpc) is 2.53. The third-order valence-electron chi connectivity index (χ3n) is 4.38. The summed E-state index contributed by atoms with van der Waals surface area (Å²) in [6, 6.07) is 5.95. The molecule has 2 N–H and O–H groups in total. The number of carboxylic acid groups (broad SMARTS) is 1. The van der Waals surface area contributed by atoms with E-state index in [4.69, 9.17) is 5.11 Å². The summed E-state index contributed by atoms with van der Waals surface area (Å²) in [6.45, 7) is 5.47. The third-order valence-corrected chi connectivity index (χ3v) is 5.80. The summed E-state index contributed by atoms with van der Waals surface area (Å²) in [5.74, 6) is -1.14. The van der Waals surface area contributed by atoms with E-state index in [1.54, 1.807) is 0 Å². The van der Waals surface area contributed by atoms with E-state index < -0.39 is 16.0 Å². The Kier molecular flexibility index (Phi) is 5.78. The first-order valence-corrected chi connectivity index (χ1v) is 9.38. The zero-order valence-corrected chi connectivity index (χ0v) is 14.3. The molecule has 2 rings (SSSR count). The molecular formula is C16H24N2O4S. The molecule has 0 radical (unpaired) electrons. The minimum atomic E-state index is -3.71. The van der Waals surface area contributed by atoms with Gasteiger partial charge in [0.1, 0.15) is 0 Å². The van der Waals surface area contributed by atoms with Crippen LogP contribution in [0.3, 0.4) is 0 Å². The number of likely N-dealkylation sites (tertiary alicyclic amines) is 1. The molecule has 2 atom stereocenters. The lowest BCUT2D eigenvalue weighted by Gasteiger charge is -2.38. The number of piperidine rings is 1. The lowest BCUT2D eigenvalue weighted by Crippen LogP contribution is -2.48. The van der Waals surface area contributed by atoms with Crippen molar-refractivity contribution in [3.63, 3.8) is 0 Å². The predicted octanol–water partition coefficient (Wildman–Crippen LogP) is 1.93. The fourth-order valence-electron chi connectivity index (χ4n) is 3.00. The molecule has 0 unspecified atom stereocenters. The average molecular weight is 340 g/mol. The Balaban J connectivity index is 2.03. The highest BCUT2D eigenvalue weighted by molar-refractivity contribution is 7.89. The fraction of sp³-hybridized carbons (Fsp3) is 0.562. The molecule has 6 nitrogen and oxygen atoms in total. The molecule has 0 bridgehead atoms. The molecule has 1 fully saturated rings. The first-order valence-electron chi connectivity index (χ1n) is 7.90. The van der Waals surface area contributed by atoms with Gasteiger partial charge < -0.3 is 5.11 Å². The third kappa shape index (κ3) is 4.53. The number of sulfonamides is 1. The number of nitrogens with one attached hydrogen (secondary N) is 1. The number of carboxylic acids is 1. The molecule has 0 spiro atoms. The van der Waals surface area contributed by atoms with E-state index in [1.807, 2.05) is 6.92 Å². The lowest BCUT2D eigenvalue weighted by atomic mass is 10.0. The van der Waals surface area contributed by atoms with Crippen LogP contribution >= 0.6 is 0 Å². The van der Waals surface area contributed by atoms with Gasteiger partial charge in [-0.3, -0.25) is 4.90 Å². The van der Waals surface area contributed by atoms with Crippen LogP contribution in [0.4, 0.5) is 0 Å². The molecule has 23 heavy (non-hydrogen) atoms. The van der Waals surface area contributed by atoms with Crippen molar-refractivity contribution in [1.29, 1.82) is 0 Å². The molecule has 1 aliphatic heterocycles. The van der Waals surface area contributed by atoms with E-state index in [9.17, 15) is 13.2 Å². The molecule has 1 saturated heterocycles. The van der Waals surface area contributed by atoms with Crippen molar-refractivity contribution in [3.05, 3.63) is 29.8 Å². The second-order valence-corrected chi connectivity index (χ2v) is 7.88. The maximum absolute atomic E-state index is 12.4. The molecule has 128 valence electrons. The fourth-order valence-corrected chi connectivity index (χ4v) is 4.17. The smallest absolute Gasteiger partial charge is 0.335 e. The predicted molar refractivity (Wildman–Crippen MR) is 88.1 cm³/mol. The first-order chi connectivity index (χ1) is 10.8. The van der Waals surface area contributed by atoms with Crippen LogP contribution in [0, 0.1) is 0 Å². The summed E-state index contributed by atoms with van der Waals surface area (Å²) < 4.78 is 27.3. The van der Waals surface area contributed by atoms with E-state index in [0.29, 0.717) is 12.6 Å². The Morgan fingerprint density at radius 2 is 2.17 bits per heavy atom. The molecule has 1 aromatic rings. The quantitative estimate of drug-likeness (QED) is 0.826. The van der Waals surface area contributed by atoms with Gasteiger partial charge in [-0.2, -0.15) is 0 Å². The van der Waals surface area contributed by atoms with Crippen LogP contribution in [0.25, 0.3) is 0 Å². The van der Waals surface area contributed by atoms with E-state index >= 15 is 0 Å². The van der Waals surface area contributed by atoms with Gasteiger partial charge in [-0.1, -0.05) is 12.5 Å². The number of hydrogen-bond acceptors (Lipinski definition) is 4. The molecule has 0 aliphatic carbocycles. The van der Waals surface area contributed by atoms with Gasteiger partial charge in [0.25, 0.3) is 0 Å². The Bertz CT molecular complexity index is 660. The Hall–Kier alpha value is -1.44. The number of nitrogens with zero attached hydrogens (tertiary/aromatic N) is 1. The minimum absolute atomic E-state index is 0.0173. The zero-order valence-electron chi connectivity index (χ0n) is 13.5. The van der Waals surface area contributed by atoms with Crippen LogP contribution in [-0.2, 0) is 10.0 Å². The molecule has 0 amide bonds. The highest BCUT2D eigenvalue weighted by Crippen LogP contribution is 2.19. The van der Waals surface area contributed by atoms with E-state index in [2.05, 4.69) is 16.5 Å². The van der Waals surface area contributed by atoms with Crippen LogP contribution in [-0.4, -0.2) is 49.6 Å². The molecular weight excluding hydrogens is 316 g/mol. The second kappa shape index (κ2) is 7.42. The van der Waals surface area contributed by atoms with Crippen LogP contribution in [0.1, 0.15) is 43.5 Å². The van der Waals surface area contributed by atoms with Crippen molar-refractivity contribution in [2.75, 3.05) is 13.1 Å². The number of carbonyl (C=O) groups is 1. The van der Waals surface area contributed by atoms with Crippen molar-refractivity contribution in [2.45, 2.75) is 50.1 Å². The van der Waals surface area contributed by atoms with Crippen LogP contribution in [0.2, 0.25) is 0 Å². The van der Waals surface area contributed by atoms with Crippen molar-refractivity contribution in [1.82, 2.24) is 9.62 Å². The van der Waals surface area contributed by atoms with E-state index in [-0.39, 0.29) is 16.5 Å². The van der Waals surface area contributed by atoms with Crippen molar-refractivity contribution in [3.8, 4) is 0 Å². The Labute approximate surface area is 137 Å². The number of benzene rings is 1. The summed E-state index contributed by atoms with van der Waals surface area (Å²) in [6.07, 6.45) is 3.50. The number of hydrogen-bond donors (Lipinski definition) is 2. The van der Waals surface area contributed by atoms with Gasteiger partial charge in [0.05, 0.1) is 10.5 Å². The maximum Gasteiger partial charge on any atom is 0.335 e. The van der Waals surface area contributed by atoms with Crippen LogP contribution in [0.5, 0.6) is 0 Å². The summed E-state index contributed by atoms with van der Waals surface area (Å²) in [5.41, 5.74) is -0.0365. The minimum Gasteiger partial charge on any atom is -0.478 e. The Morgan fingerprint density at radius 1 is 1.43 bits per heavy atom. The van der Waals surface area contributed by atoms with Crippen molar-refractivity contribution >= 4 is 16.0 Å². The number of rotatable bonds is 6. The van der Waals surface area contributed by atoms with Gasteiger partial charge in [0.15, 0.2) is 0 Å². The van der Waals surface area contributed by atoms with E-state index in [0.717, 1.165) is 19.4 Å². The van der Waals surface area contributed by atoms with Gasteiger partial charge in [-0.25, -0.2) is 17.9 Å². The summed E-state index contributed by atoms with van der Waals surface area (Å²) in [7, 11) is -3.71. The van der Waals surface area contributed by atoms with Gasteiger partial charge >= 0.3 is 5.97 Å². The van der Waals surface area contributed by atoms with Crippen LogP contribution < -0.4 is 4.72 Å². The molecule has 1 heterocycles. The van der Waals surface area contributed by atoms with Crippen LogP contribution in [0.15, 0.2) is 29.2 Å². The topological polar surface area (TPSA) is 86.7 Å². The summed E-state index contributed by atoms with van der Waals surface area (Å²) >= 11 is 0. The summed E-state index contributed by atoms with van der Waals surface area (Å²) in [5, 5.41) is 8.97. The largest absolute Gasteiger partial charge is 0.478 e. The molecule has 0 aromatic heterocycles. The number of aromatic carboxylic acids is 1. The van der Waals surface area contributed by atoms with E-state index in [1.165, 1.54) is 30.7 Å². The SMILES string of the molecule is C[C@H]1CCCCN1[C@@H](C)CNS(=O)(=O)c1cccc(C(=O)O)c1. The molecule has 1 aliphatic rings. The molecule has 1 aromatic carbocycles. The monoisotopic (exact) mass is 340 g/mol. The lowest BCUT2D eigenvalue weighted by molar-refractivity contribution is 0.0696. The van der Waals surface area contributed by atoms with Gasteiger partial charge in [-0.15, -0.1) is 0 Å². The second-order valence-electron chi connectivity index (χ2n) is 6.12. The first kappa shape index (κ1) is 17.9. The van der Waals surface area contributed by atoms with Crippen molar-refractivity contribution < 1.29 is 18.3 Å². The molecule has 0 saturated carbocycles. The van der Waals surface area contributed by atoms with Gasteiger partial charge in [0, 0.05) is 18.6 Å². The Morgan fingerprint density at radius 3 is 2.83 bits per heavy atom. The highest BCUT2D eigenvalue weighted by Gasteiger charge is 2.24. The summed E-state index contributed by atoms with van der Waals surface area (Å²) in [4.78, 5) is 13.3. The van der Waals surface area contributed by atoms with Gasteiger partial charge in [-0.05, 0) is 51.4 Å². The zero-order chi connectivity index (χ0) is 17.0.